The van der Waals surface area contributed by atoms with Gasteiger partial charge in [-0.15, -0.1) is 0 Å². The van der Waals surface area contributed by atoms with Crippen LogP contribution in [-0.4, -0.2) is 112 Å². The Bertz CT molecular complexity index is 5440. The molecule has 0 aliphatic rings. The molecule has 0 bridgehead atoms. The highest BCUT2D eigenvalue weighted by molar-refractivity contribution is 6.34. The van der Waals surface area contributed by atoms with Gasteiger partial charge in [-0.3, -0.25) is 34.9 Å². The normalized spacial score (nSPS) is 10.4. The molecule has 0 atom stereocenters. The molecule has 0 unspecified atom stereocenters. The highest BCUT2D eigenvalue weighted by Gasteiger charge is 2.12. The van der Waals surface area contributed by atoms with Crippen molar-refractivity contribution in [1.29, 1.82) is 0 Å². The second kappa shape index (κ2) is 76.7. The van der Waals surface area contributed by atoms with Crippen molar-refractivity contribution in [2.24, 2.45) is 0 Å². The molecule has 150 heavy (non-hydrogen) atoms. The first-order chi connectivity index (χ1) is 70.7. The number of halogens is 8. The molecule has 0 N–H and O–H groups in total. The Kier molecular flexibility index (Phi) is 69.7. The molecule has 0 saturated heterocycles. The van der Waals surface area contributed by atoms with Gasteiger partial charge in [0.05, 0.1) is 48.0 Å². The minimum atomic E-state index is -0.413. The molecule has 0 saturated carbocycles. The fraction of sp³-hybridized carbons (Fsp3) is 0.425. The van der Waals surface area contributed by atoms with Crippen LogP contribution in [-0.2, 0) is 0 Å². The lowest BCUT2D eigenvalue weighted by Gasteiger charge is -2.08. The van der Waals surface area contributed by atoms with Gasteiger partial charge in [0.15, 0.2) is 0 Å². The number of ether oxygens (including phenoxy) is 1. The zero-order valence-corrected chi connectivity index (χ0v) is 99.6. The van der Waals surface area contributed by atoms with Gasteiger partial charge in [-0.2, -0.15) is 24.8 Å². The fourth-order valence-corrected chi connectivity index (χ4v) is 13.6. The summed E-state index contributed by atoms with van der Waals surface area (Å²) >= 11 is 34.4. The average Bonchev–Trinajstić information content (AvgIpc) is 0.828. The van der Waals surface area contributed by atoms with Gasteiger partial charge in [0.1, 0.15) is 44.2 Å². The molecular weight excluding hydrogens is 2000 g/mol. The van der Waals surface area contributed by atoms with Crippen LogP contribution in [0.3, 0.4) is 0 Å². The number of methoxy groups -OCH3 is 1. The van der Waals surface area contributed by atoms with E-state index in [-0.39, 0.29) is 5.82 Å². The number of hydrogen-bond acceptors (Lipinski definition) is 22. The highest BCUT2D eigenvalue weighted by Crippen LogP contribution is 2.28. The Morgan fingerprint density at radius 2 is 0.753 bits per heavy atom. The predicted octanol–water partition coefficient (Wildman–Crippen LogP) is 35.2. The van der Waals surface area contributed by atoms with Crippen molar-refractivity contribution in [2.75, 3.05) is 7.11 Å². The van der Waals surface area contributed by atoms with Crippen molar-refractivity contribution in [3.63, 3.8) is 0 Å². The number of rotatable bonds is 16. The number of nitrogens with zero attached hydrogens (tertiary/aromatic N) is 21. The lowest BCUT2D eigenvalue weighted by atomic mass is 10.0. The summed E-state index contributed by atoms with van der Waals surface area (Å²) in [4.78, 5) is 68.1. The topological polar surface area (TPSA) is 280 Å². The van der Waals surface area contributed by atoms with Crippen molar-refractivity contribution < 1.29 is 13.5 Å². The summed E-state index contributed by atoms with van der Waals surface area (Å²) in [5.41, 5.74) is 22.5. The Balaban J connectivity index is 0.000000804. The molecule has 0 radical (unpaired) electrons. The molecule has 0 aliphatic carbocycles. The van der Waals surface area contributed by atoms with Gasteiger partial charge in [0.2, 0.25) is 11.8 Å². The largest absolute Gasteiger partial charge is 0.481 e. The number of aromatic nitrogens is 21. The van der Waals surface area contributed by atoms with E-state index in [0.717, 1.165) is 73.4 Å². The summed E-state index contributed by atoms with van der Waals surface area (Å²) in [6, 6.07) is 37.9. The van der Waals surface area contributed by atoms with Crippen LogP contribution in [0.4, 0.5) is 8.78 Å². The van der Waals surface area contributed by atoms with Gasteiger partial charge >= 0.3 is 0 Å². The van der Waals surface area contributed by atoms with E-state index in [1.807, 2.05) is 145 Å². The van der Waals surface area contributed by atoms with Crippen LogP contribution in [0.1, 0.15) is 409 Å². The quantitative estimate of drug-likeness (QED) is 0.0812. The van der Waals surface area contributed by atoms with Crippen LogP contribution < -0.4 is 4.74 Å². The number of hydrogen-bond donors (Lipinski definition) is 0. The Morgan fingerprint density at radius 1 is 0.253 bits per heavy atom. The standard InChI is InChI=1S/C10H15N.C9H14N2.C9H13NO.C9H13N.2C8H9Cl2N.2C8H10ClN.2C8H10FN.5C7H10N2/c1-7(2)10-6-5-8(3)11-9(10)4;1-6(2)9-8(4)11-7(3)5-10-9;1-7(2)8-4-5-9(11-3)10-6-8;1-7(2)9-5-4-8(3)10-6-9;1-5(2)6-4-11-8(10)3-7(6)9;1-5(2)6-3-4-7(9)11-8(6)10;1-6(2)7-3-4-8(9)10-5-7;1-6(2)7-4-3-5-10-8(7)9;1-6(2)7-3-8(9)5-10-4-7;1-6(2)7-3-4-8(9)10-5-7;1-6(2)7-3-8-5-9-4-7;1-6(2)7-5-8-3-4-9-7;1-6(2)7-3-4-8-5-9-7;1-6(2)7-3-4-8-9-5-7;1-6(2)7-4-3-5-8-9-7/h5-7H,1-4H3;5-6H,1-4H3;4-7H,1-3H3;4-7H,1-3H3;2*3-5H,1-2H3;4*3-6H,1-2H3;5*3-6H,1-2H3. The van der Waals surface area contributed by atoms with E-state index >= 15 is 0 Å². The van der Waals surface area contributed by atoms with E-state index in [0.29, 0.717) is 125 Å². The second-order valence-electron chi connectivity index (χ2n) is 39.2. The Labute approximate surface area is 926 Å². The highest BCUT2D eigenvalue weighted by atomic mass is 35.5. The molecule has 22 nitrogen and oxygen atoms in total. The third-order valence-corrected chi connectivity index (χ3v) is 23.0. The van der Waals surface area contributed by atoms with E-state index in [9.17, 15) is 8.78 Å². The molecule has 15 aromatic rings. The molecule has 0 spiro atoms. The summed E-state index contributed by atoms with van der Waals surface area (Å²) in [6.07, 6.45) is 34.3. The molecule has 15 heterocycles. The van der Waals surface area contributed by atoms with Crippen molar-refractivity contribution >= 4 is 69.6 Å². The van der Waals surface area contributed by atoms with Gasteiger partial charge in [0, 0.05) is 133 Å². The summed E-state index contributed by atoms with van der Waals surface area (Å²) in [5, 5.41) is 18.4. The van der Waals surface area contributed by atoms with E-state index in [1.165, 1.54) is 57.4 Å². The third-order valence-electron chi connectivity index (χ3n) is 21.4. The van der Waals surface area contributed by atoms with Gasteiger partial charge < -0.3 is 4.74 Å². The van der Waals surface area contributed by atoms with Crippen LogP contribution in [0.25, 0.3) is 0 Å². The average molecular weight is 2170 g/mol. The van der Waals surface area contributed by atoms with Gasteiger partial charge in [-0.1, -0.05) is 320 Å². The summed E-state index contributed by atoms with van der Waals surface area (Å²) in [5.74, 6) is 7.32. The van der Waals surface area contributed by atoms with Crippen molar-refractivity contribution in [3.05, 3.63) is 401 Å². The van der Waals surface area contributed by atoms with Crippen molar-refractivity contribution in [1.82, 2.24) is 105 Å². The van der Waals surface area contributed by atoms with Gasteiger partial charge in [0.25, 0.3) is 0 Å². The van der Waals surface area contributed by atoms with Crippen LogP contribution in [0.15, 0.2) is 246 Å². The van der Waals surface area contributed by atoms with Crippen LogP contribution in [0.5, 0.6) is 5.88 Å². The molecule has 0 fully saturated rings. The smallest absolute Gasteiger partial charge is 0.212 e. The van der Waals surface area contributed by atoms with Crippen LogP contribution in [0.2, 0.25) is 30.8 Å². The molecule has 0 amide bonds. The maximum absolute atomic E-state index is 12.5. The molecule has 15 rings (SSSR count). The van der Waals surface area contributed by atoms with E-state index < -0.39 is 5.95 Å². The van der Waals surface area contributed by atoms with E-state index in [4.69, 9.17) is 74.3 Å². The predicted molar refractivity (Wildman–Crippen MR) is 622 cm³/mol. The first-order valence-electron chi connectivity index (χ1n) is 50.8. The summed E-state index contributed by atoms with van der Waals surface area (Å²) in [6.45, 7) is 73.4. The first kappa shape index (κ1) is 136. The molecule has 15 aromatic heterocycles. The first-order valence-corrected chi connectivity index (χ1v) is 53.0. The van der Waals surface area contributed by atoms with E-state index in [2.05, 4.69) is 330 Å². The maximum Gasteiger partial charge on any atom is 0.212 e. The Hall–Kier alpha value is -11.8. The maximum atomic E-state index is 12.5. The summed E-state index contributed by atoms with van der Waals surface area (Å²) in [7, 11) is 1.62. The van der Waals surface area contributed by atoms with E-state index in [1.54, 1.807) is 106 Å². The SMILES string of the molecule is CC(C)c1ccc(Cl)nc1.CC(C)c1ccc(Cl)nc1Cl.CC(C)c1ccc(F)nc1.CC(C)c1cccnc1Cl.CC(C)c1cccnn1.CC(C)c1ccncn1.CC(C)c1ccnnc1.CC(C)c1cnc(Cl)cc1Cl.CC(C)c1cncc(F)c1.CC(C)c1cnccn1.CC(C)c1cncnc1.COc1ccc(C(C)C)cn1.Cc1ccc(C(C)C)c(C)n1.Cc1ccc(C(C)C)cn1.Cc1cnc(C(C)C)c(C)n1. The Morgan fingerprint density at radius 3 is 1.13 bits per heavy atom. The zero-order chi connectivity index (χ0) is 113. The molecule has 30 heteroatoms. The lowest BCUT2D eigenvalue weighted by molar-refractivity contribution is 0.397. The van der Waals surface area contributed by atoms with Crippen LogP contribution in [0, 0.1) is 46.4 Å². The molecule has 0 aliphatic heterocycles. The van der Waals surface area contributed by atoms with Crippen molar-refractivity contribution in [3.8, 4) is 5.88 Å². The fourth-order valence-electron chi connectivity index (χ4n) is 12.0. The van der Waals surface area contributed by atoms with Gasteiger partial charge in [-0.05, 0) is 257 Å². The van der Waals surface area contributed by atoms with Crippen molar-refractivity contribution in [2.45, 2.75) is 331 Å². The summed E-state index contributed by atoms with van der Waals surface area (Å²) < 4.78 is 29.6. The lowest BCUT2D eigenvalue weighted by Crippen LogP contribution is -2.00. The monoisotopic (exact) mass is 2160 g/mol. The zero-order valence-electron chi connectivity index (χ0n) is 95.1. The molecule has 0 aromatic carbocycles. The third kappa shape index (κ3) is 60.3. The minimum absolute atomic E-state index is 0.258. The van der Waals surface area contributed by atoms with Gasteiger partial charge in [-0.25, -0.2) is 54.2 Å². The molecule has 810 valence electrons. The van der Waals surface area contributed by atoms with Crippen LogP contribution >= 0.6 is 69.6 Å². The number of pyridine rings is 9. The minimum Gasteiger partial charge on any atom is -0.481 e. The number of aryl methyl sites for hydroxylation is 5. The second-order valence-corrected chi connectivity index (χ2v) is 41.5. The molecular formula is C120H163Cl6F2N21O.